The number of aromatic amines is 1. The van der Waals surface area contributed by atoms with Crippen LogP contribution in [0.1, 0.15) is 48.6 Å². The van der Waals surface area contributed by atoms with E-state index < -0.39 is 0 Å². The van der Waals surface area contributed by atoms with Crippen LogP contribution in [0.4, 0.5) is 5.82 Å². The number of aliphatic imine (C=N–C) groups is 1. The third kappa shape index (κ3) is 2.71. The van der Waals surface area contributed by atoms with Crippen molar-refractivity contribution < 1.29 is 4.79 Å². The summed E-state index contributed by atoms with van der Waals surface area (Å²) >= 11 is 0. The Kier molecular flexibility index (Phi) is 4.03. The molecule has 6 nitrogen and oxygen atoms in total. The average Bonchev–Trinajstić information content (AvgIpc) is 3.21. The summed E-state index contributed by atoms with van der Waals surface area (Å²) < 4.78 is 0. The van der Waals surface area contributed by atoms with E-state index in [1.165, 1.54) is 5.56 Å². The van der Waals surface area contributed by atoms with Gasteiger partial charge in [0, 0.05) is 13.0 Å². The molecule has 0 spiro atoms. The zero-order valence-electron chi connectivity index (χ0n) is 14.7. The number of H-pyrrole nitrogens is 1. The molecule has 4 rings (SSSR count). The predicted octanol–water partition coefficient (Wildman–Crippen LogP) is 2.82. The number of hydrogen-bond acceptors (Lipinski definition) is 4. The number of hydrogen-bond donors (Lipinski definition) is 1. The Balaban J connectivity index is 1.68. The molecule has 1 aromatic heterocycles. The summed E-state index contributed by atoms with van der Waals surface area (Å²) in [7, 11) is 0. The highest BCUT2D eigenvalue weighted by atomic mass is 16.2. The van der Waals surface area contributed by atoms with E-state index in [0.29, 0.717) is 18.7 Å². The Labute approximate surface area is 147 Å². The predicted molar refractivity (Wildman–Crippen MR) is 98.0 cm³/mol. The lowest BCUT2D eigenvalue weighted by Gasteiger charge is -2.32. The van der Waals surface area contributed by atoms with Crippen LogP contribution in [0, 0.1) is 0 Å². The van der Waals surface area contributed by atoms with Crippen molar-refractivity contribution in [2.45, 2.75) is 39.2 Å². The highest BCUT2D eigenvalue weighted by molar-refractivity contribution is 6.17. The van der Waals surface area contributed by atoms with Gasteiger partial charge in [0.1, 0.15) is 11.5 Å². The van der Waals surface area contributed by atoms with Gasteiger partial charge in [0.25, 0.3) is 5.91 Å². The molecule has 1 atom stereocenters. The summed E-state index contributed by atoms with van der Waals surface area (Å²) in [6, 6.07) is 10.4. The summed E-state index contributed by atoms with van der Waals surface area (Å²) in [6.07, 6.45) is 2.80. The van der Waals surface area contributed by atoms with Crippen LogP contribution < -0.4 is 4.90 Å². The van der Waals surface area contributed by atoms with Crippen LogP contribution in [0.25, 0.3) is 0 Å². The standard InChI is InChI=1S/C19H23N5O/c1-3-8-14-12-24-17-16(18(25)23(4-2)19(24)20-14)21-15(22-17)11-13-9-6-5-7-10-13/h5-7,9-10,14H,3-4,8,11-12H2,1-2H3,(H,21,22)/t14-/m1/s1. The normalized spacial score (nSPS) is 19.0. The minimum Gasteiger partial charge on any atom is -0.336 e. The molecule has 0 saturated heterocycles. The topological polar surface area (TPSA) is 64.6 Å². The Bertz CT molecular complexity index is 810. The summed E-state index contributed by atoms with van der Waals surface area (Å²) in [6.45, 7) is 5.56. The lowest BCUT2D eigenvalue weighted by atomic mass is 10.1. The third-order valence-corrected chi connectivity index (χ3v) is 4.78. The highest BCUT2D eigenvalue weighted by Gasteiger charge is 2.41. The number of imidazole rings is 1. The minimum absolute atomic E-state index is 0.0311. The first-order valence-electron chi connectivity index (χ1n) is 9.01. The summed E-state index contributed by atoms with van der Waals surface area (Å²) in [5.74, 6) is 2.28. The fourth-order valence-electron chi connectivity index (χ4n) is 3.59. The number of carbonyl (C=O) groups excluding carboxylic acids is 1. The van der Waals surface area contributed by atoms with Gasteiger partial charge in [-0.25, -0.2) is 9.98 Å². The molecule has 0 fully saturated rings. The molecule has 0 saturated carbocycles. The van der Waals surface area contributed by atoms with Crippen molar-refractivity contribution >= 4 is 17.7 Å². The molecule has 2 aliphatic heterocycles. The molecule has 1 amide bonds. The van der Waals surface area contributed by atoms with E-state index in [9.17, 15) is 4.79 Å². The fraction of sp³-hybridized carbons (Fsp3) is 0.421. The van der Waals surface area contributed by atoms with Gasteiger partial charge in [-0.1, -0.05) is 43.7 Å². The quantitative estimate of drug-likeness (QED) is 0.912. The highest BCUT2D eigenvalue weighted by Crippen LogP contribution is 2.31. The van der Waals surface area contributed by atoms with Crippen LogP contribution in [0.3, 0.4) is 0 Å². The molecule has 6 heteroatoms. The molecule has 0 radical (unpaired) electrons. The van der Waals surface area contributed by atoms with Gasteiger partial charge in [0.2, 0.25) is 5.96 Å². The van der Waals surface area contributed by atoms with Gasteiger partial charge < -0.3 is 4.98 Å². The zero-order chi connectivity index (χ0) is 17.4. The van der Waals surface area contributed by atoms with E-state index in [1.807, 2.05) is 25.1 Å². The van der Waals surface area contributed by atoms with E-state index in [2.05, 4.69) is 28.9 Å². The number of nitrogens with zero attached hydrogens (tertiary/aromatic N) is 4. The average molecular weight is 337 g/mol. The Morgan fingerprint density at radius 1 is 1.24 bits per heavy atom. The molecule has 0 bridgehead atoms. The monoisotopic (exact) mass is 337 g/mol. The number of rotatable bonds is 5. The number of benzene rings is 1. The summed E-state index contributed by atoms with van der Waals surface area (Å²) in [5, 5.41) is 0. The van der Waals surface area contributed by atoms with Gasteiger partial charge in [0.15, 0.2) is 5.82 Å². The Morgan fingerprint density at radius 2 is 2.04 bits per heavy atom. The number of anilines is 1. The van der Waals surface area contributed by atoms with Gasteiger partial charge in [-0.05, 0) is 18.9 Å². The van der Waals surface area contributed by atoms with E-state index in [4.69, 9.17) is 9.98 Å². The molecule has 130 valence electrons. The zero-order valence-corrected chi connectivity index (χ0v) is 14.7. The third-order valence-electron chi connectivity index (χ3n) is 4.78. The van der Waals surface area contributed by atoms with Crippen molar-refractivity contribution in [3.05, 3.63) is 47.4 Å². The molecule has 1 N–H and O–H groups in total. The largest absolute Gasteiger partial charge is 0.336 e. The summed E-state index contributed by atoms with van der Waals surface area (Å²) in [4.78, 5) is 29.5. The van der Waals surface area contributed by atoms with Gasteiger partial charge in [-0.3, -0.25) is 14.6 Å². The van der Waals surface area contributed by atoms with Crippen molar-refractivity contribution in [2.75, 3.05) is 18.0 Å². The van der Waals surface area contributed by atoms with Gasteiger partial charge in [-0.2, -0.15) is 0 Å². The van der Waals surface area contributed by atoms with Crippen LogP contribution in [-0.2, 0) is 6.42 Å². The van der Waals surface area contributed by atoms with Crippen LogP contribution in [0.2, 0.25) is 0 Å². The first-order valence-corrected chi connectivity index (χ1v) is 9.01. The van der Waals surface area contributed by atoms with Crippen molar-refractivity contribution in [2.24, 2.45) is 4.99 Å². The molecule has 0 unspecified atom stereocenters. The molecule has 1 aromatic carbocycles. The lowest BCUT2D eigenvalue weighted by molar-refractivity contribution is 0.0841. The molecular weight excluding hydrogens is 314 g/mol. The second kappa shape index (κ2) is 6.35. The molecule has 2 aromatic rings. The number of nitrogens with one attached hydrogen (secondary N) is 1. The summed E-state index contributed by atoms with van der Waals surface area (Å²) in [5.41, 5.74) is 1.76. The number of carbonyl (C=O) groups is 1. The van der Waals surface area contributed by atoms with Crippen molar-refractivity contribution in [1.82, 2.24) is 14.9 Å². The van der Waals surface area contributed by atoms with Crippen LogP contribution in [0.5, 0.6) is 0 Å². The maximum Gasteiger partial charge on any atom is 0.280 e. The first-order chi connectivity index (χ1) is 12.2. The number of fused-ring (bicyclic) bond motifs is 3. The second-order valence-corrected chi connectivity index (χ2v) is 6.58. The van der Waals surface area contributed by atoms with Crippen LogP contribution >= 0.6 is 0 Å². The second-order valence-electron chi connectivity index (χ2n) is 6.58. The maximum atomic E-state index is 12.9. The van der Waals surface area contributed by atoms with Crippen LogP contribution in [0.15, 0.2) is 35.3 Å². The van der Waals surface area contributed by atoms with Gasteiger partial charge in [-0.15, -0.1) is 0 Å². The van der Waals surface area contributed by atoms with Gasteiger partial charge >= 0.3 is 0 Å². The molecular formula is C19H23N5O. The molecule has 0 aliphatic carbocycles. The Hall–Kier alpha value is -2.63. The fourth-order valence-corrected chi connectivity index (χ4v) is 3.59. The molecule has 25 heavy (non-hydrogen) atoms. The van der Waals surface area contributed by atoms with Crippen molar-refractivity contribution in [3.8, 4) is 0 Å². The van der Waals surface area contributed by atoms with Crippen LogP contribution in [-0.4, -0.2) is 45.9 Å². The van der Waals surface area contributed by atoms with E-state index >= 15 is 0 Å². The lowest BCUT2D eigenvalue weighted by Crippen LogP contribution is -2.50. The number of amides is 1. The SMILES string of the molecule is CCC[C@@H]1CN2C(=N1)N(CC)C(=O)c1[nH]c(Cc3ccccc3)nc12. The first kappa shape index (κ1) is 15.9. The van der Waals surface area contributed by atoms with E-state index in [-0.39, 0.29) is 11.9 Å². The Morgan fingerprint density at radius 3 is 2.76 bits per heavy atom. The smallest absolute Gasteiger partial charge is 0.280 e. The maximum absolute atomic E-state index is 12.9. The van der Waals surface area contributed by atoms with Gasteiger partial charge in [0.05, 0.1) is 12.6 Å². The number of guanidine groups is 1. The number of aromatic nitrogens is 2. The van der Waals surface area contributed by atoms with Crippen molar-refractivity contribution in [1.29, 1.82) is 0 Å². The van der Waals surface area contributed by atoms with E-state index in [0.717, 1.165) is 37.0 Å². The van der Waals surface area contributed by atoms with E-state index in [1.54, 1.807) is 4.90 Å². The molecule has 2 aliphatic rings. The molecule has 3 heterocycles. The minimum atomic E-state index is -0.0311. The van der Waals surface area contributed by atoms with Crippen molar-refractivity contribution in [3.63, 3.8) is 0 Å².